The lowest BCUT2D eigenvalue weighted by molar-refractivity contribution is -0.114. The van der Waals surface area contributed by atoms with Gasteiger partial charge in [0.2, 0.25) is 5.91 Å². The Hall–Kier alpha value is -5.26. The number of hydrogen-bond acceptors (Lipinski definition) is 6. The summed E-state index contributed by atoms with van der Waals surface area (Å²) in [5, 5.41) is 19.9. The number of ether oxygens (including phenoxy) is 1. The molecule has 42 heavy (non-hydrogen) atoms. The van der Waals surface area contributed by atoms with Gasteiger partial charge in [-0.15, -0.1) is 0 Å². The van der Waals surface area contributed by atoms with Crippen LogP contribution in [0.2, 0.25) is 0 Å². The number of anilines is 2. The first-order valence-corrected chi connectivity index (χ1v) is 14.3. The van der Waals surface area contributed by atoms with E-state index >= 15 is 0 Å². The van der Waals surface area contributed by atoms with Crippen molar-refractivity contribution < 1.29 is 14.3 Å². The fraction of sp³-hybridized carbons (Fsp3) is 0.0882. The predicted molar refractivity (Wildman–Crippen MR) is 167 cm³/mol. The molecule has 4 aromatic rings. The van der Waals surface area contributed by atoms with Gasteiger partial charge in [-0.25, -0.2) is 0 Å². The lowest BCUT2D eigenvalue weighted by Gasteiger charge is -2.29. The van der Waals surface area contributed by atoms with E-state index in [2.05, 4.69) is 22.0 Å². The Balaban J connectivity index is 1.30. The number of thioether (sulfide) groups is 1. The first-order valence-electron chi connectivity index (χ1n) is 13.3. The summed E-state index contributed by atoms with van der Waals surface area (Å²) in [4.78, 5) is 26.4. The molecule has 0 bridgehead atoms. The maximum Gasteiger partial charge on any atom is 0.254 e. The Morgan fingerprint density at radius 1 is 0.810 bits per heavy atom. The summed E-state index contributed by atoms with van der Waals surface area (Å²) in [6.07, 6.45) is 0. The normalized spacial score (nSPS) is 14.4. The highest BCUT2D eigenvalue weighted by atomic mass is 32.2. The van der Waals surface area contributed by atoms with Crippen LogP contribution >= 0.6 is 11.8 Å². The average molecular weight is 573 g/mol. The van der Waals surface area contributed by atoms with Crippen molar-refractivity contribution >= 4 is 35.0 Å². The molecular weight excluding hydrogens is 544 g/mol. The molecule has 0 saturated carbocycles. The van der Waals surface area contributed by atoms with E-state index in [0.29, 0.717) is 39.0 Å². The van der Waals surface area contributed by atoms with Gasteiger partial charge in [0, 0.05) is 22.6 Å². The number of rotatable bonds is 9. The quantitative estimate of drug-likeness (QED) is 0.196. The van der Waals surface area contributed by atoms with Gasteiger partial charge in [-0.1, -0.05) is 78.5 Å². The minimum Gasteiger partial charge on any atom is -0.457 e. The van der Waals surface area contributed by atoms with Crippen molar-refractivity contribution in [2.24, 2.45) is 0 Å². The second kappa shape index (κ2) is 13.4. The van der Waals surface area contributed by atoms with Crippen LogP contribution in [-0.4, -0.2) is 17.6 Å². The standard InChI is InChI=1S/C34H28N4O3S/c1-23-31(33(40)38-25-13-7-3-8-14-25)32(24-11-5-2-6-12-24)29(21-35)34(36-23)42-22-30(39)37-26-17-19-28(20-18-26)41-27-15-9-4-10-16-27/h2-20,32,36H,22H2,1H3,(H,37,39)(H,38,40). The maximum atomic E-state index is 13.5. The third-order valence-electron chi connectivity index (χ3n) is 6.52. The summed E-state index contributed by atoms with van der Waals surface area (Å²) in [5.41, 5.74) is 3.55. The minimum atomic E-state index is -0.594. The van der Waals surface area contributed by atoms with Gasteiger partial charge in [0.15, 0.2) is 0 Å². The third kappa shape index (κ3) is 6.89. The molecule has 7 nitrogen and oxygen atoms in total. The first-order chi connectivity index (χ1) is 20.5. The molecular formula is C34H28N4O3S. The number of benzene rings is 4. The third-order valence-corrected chi connectivity index (χ3v) is 7.54. The number of allylic oxidation sites excluding steroid dienone is 2. The fourth-order valence-electron chi connectivity index (χ4n) is 4.59. The fourth-order valence-corrected chi connectivity index (χ4v) is 5.48. The van der Waals surface area contributed by atoms with Crippen LogP contribution in [0.15, 0.2) is 137 Å². The van der Waals surface area contributed by atoms with Crippen LogP contribution in [0.3, 0.4) is 0 Å². The van der Waals surface area contributed by atoms with Crippen molar-refractivity contribution in [2.45, 2.75) is 12.8 Å². The van der Waals surface area contributed by atoms with Gasteiger partial charge in [0.05, 0.1) is 28.3 Å². The molecule has 0 radical (unpaired) electrons. The molecule has 1 aliphatic rings. The predicted octanol–water partition coefficient (Wildman–Crippen LogP) is 7.19. The number of hydrogen-bond donors (Lipinski definition) is 3. The van der Waals surface area contributed by atoms with E-state index < -0.39 is 5.92 Å². The molecule has 5 rings (SSSR count). The zero-order valence-corrected chi connectivity index (χ0v) is 23.7. The highest BCUT2D eigenvalue weighted by Gasteiger charge is 2.34. The number of nitrogens with one attached hydrogen (secondary N) is 3. The van der Waals surface area contributed by atoms with E-state index in [4.69, 9.17) is 4.74 Å². The highest BCUT2D eigenvalue weighted by molar-refractivity contribution is 8.03. The number of amides is 2. The molecule has 0 saturated heterocycles. The second-order valence-corrected chi connectivity index (χ2v) is 10.4. The SMILES string of the molecule is CC1=C(C(=O)Nc2ccccc2)C(c2ccccc2)C(C#N)=C(SCC(=O)Nc2ccc(Oc3ccccc3)cc2)N1. The van der Waals surface area contributed by atoms with Gasteiger partial charge < -0.3 is 20.7 Å². The number of carbonyl (C=O) groups is 2. The molecule has 1 aliphatic heterocycles. The molecule has 1 atom stereocenters. The Labute approximate surface area is 248 Å². The summed E-state index contributed by atoms with van der Waals surface area (Å²) in [5.74, 6) is 0.332. The Morgan fingerprint density at radius 2 is 1.38 bits per heavy atom. The van der Waals surface area contributed by atoms with E-state index in [9.17, 15) is 14.9 Å². The minimum absolute atomic E-state index is 0.0656. The second-order valence-electron chi connectivity index (χ2n) is 9.46. The zero-order chi connectivity index (χ0) is 29.3. The first kappa shape index (κ1) is 28.3. The van der Waals surface area contributed by atoms with Crippen molar-refractivity contribution in [3.8, 4) is 17.6 Å². The van der Waals surface area contributed by atoms with Gasteiger partial charge >= 0.3 is 0 Å². The highest BCUT2D eigenvalue weighted by Crippen LogP contribution is 2.41. The molecule has 0 fully saturated rings. The number of nitriles is 1. The van der Waals surface area contributed by atoms with Crippen LogP contribution in [0.1, 0.15) is 18.4 Å². The van der Waals surface area contributed by atoms with E-state index in [1.165, 1.54) is 11.8 Å². The van der Waals surface area contributed by atoms with Gasteiger partial charge in [0.25, 0.3) is 5.91 Å². The molecule has 0 aliphatic carbocycles. The molecule has 8 heteroatoms. The van der Waals surface area contributed by atoms with Crippen LogP contribution in [0.5, 0.6) is 11.5 Å². The van der Waals surface area contributed by atoms with Crippen molar-refractivity contribution in [1.82, 2.24) is 5.32 Å². The van der Waals surface area contributed by atoms with Crippen molar-refractivity contribution in [3.63, 3.8) is 0 Å². The maximum absolute atomic E-state index is 13.5. The Morgan fingerprint density at radius 3 is 2.02 bits per heavy atom. The summed E-state index contributed by atoms with van der Waals surface area (Å²) in [6.45, 7) is 1.81. The molecule has 0 spiro atoms. The lowest BCUT2D eigenvalue weighted by atomic mass is 9.82. The average Bonchev–Trinajstić information content (AvgIpc) is 3.02. The van der Waals surface area contributed by atoms with E-state index in [0.717, 1.165) is 11.3 Å². The van der Waals surface area contributed by atoms with E-state index in [1.807, 2.05) is 97.9 Å². The van der Waals surface area contributed by atoms with Crippen LogP contribution in [0.4, 0.5) is 11.4 Å². The lowest BCUT2D eigenvalue weighted by Crippen LogP contribution is -2.31. The monoisotopic (exact) mass is 572 g/mol. The summed E-state index contributed by atoms with van der Waals surface area (Å²) >= 11 is 1.23. The molecule has 1 unspecified atom stereocenters. The molecule has 208 valence electrons. The number of para-hydroxylation sites is 2. The summed E-state index contributed by atoms with van der Waals surface area (Å²) in [7, 11) is 0. The summed E-state index contributed by atoms with van der Waals surface area (Å²) in [6, 6.07) is 37.5. The largest absolute Gasteiger partial charge is 0.457 e. The number of nitrogens with zero attached hydrogens (tertiary/aromatic N) is 1. The zero-order valence-electron chi connectivity index (χ0n) is 22.8. The number of carbonyl (C=O) groups excluding carboxylic acids is 2. The molecule has 2 amide bonds. The molecule has 0 aromatic heterocycles. The smallest absolute Gasteiger partial charge is 0.254 e. The van der Waals surface area contributed by atoms with E-state index in [-0.39, 0.29) is 17.6 Å². The van der Waals surface area contributed by atoms with Crippen LogP contribution in [-0.2, 0) is 9.59 Å². The topological polar surface area (TPSA) is 103 Å². The molecule has 4 aromatic carbocycles. The van der Waals surface area contributed by atoms with Gasteiger partial charge in [-0.05, 0) is 61.0 Å². The van der Waals surface area contributed by atoms with Crippen LogP contribution in [0, 0.1) is 11.3 Å². The van der Waals surface area contributed by atoms with E-state index in [1.54, 1.807) is 24.3 Å². The molecule has 3 N–H and O–H groups in total. The number of dihydropyridines is 1. The Kier molecular flexibility index (Phi) is 9.02. The van der Waals surface area contributed by atoms with Gasteiger partial charge in [-0.3, -0.25) is 9.59 Å². The van der Waals surface area contributed by atoms with Gasteiger partial charge in [0.1, 0.15) is 11.5 Å². The van der Waals surface area contributed by atoms with Crippen molar-refractivity contribution in [1.29, 1.82) is 5.26 Å². The van der Waals surface area contributed by atoms with Gasteiger partial charge in [-0.2, -0.15) is 5.26 Å². The summed E-state index contributed by atoms with van der Waals surface area (Å²) < 4.78 is 5.81. The van der Waals surface area contributed by atoms with Crippen molar-refractivity contribution in [3.05, 3.63) is 143 Å². The van der Waals surface area contributed by atoms with Crippen LogP contribution < -0.4 is 20.7 Å². The Bertz CT molecular complexity index is 1660. The van der Waals surface area contributed by atoms with Crippen LogP contribution in [0.25, 0.3) is 0 Å². The molecule has 1 heterocycles. The van der Waals surface area contributed by atoms with Crippen molar-refractivity contribution in [2.75, 3.05) is 16.4 Å².